The molecule has 32 heavy (non-hydrogen) atoms. The van der Waals surface area contributed by atoms with Crippen molar-refractivity contribution in [3.8, 4) is 5.75 Å². The highest BCUT2D eigenvalue weighted by atomic mass is 32.1. The molecule has 0 saturated heterocycles. The number of esters is 1. The number of carbonyl (C=O) groups excluding carboxylic acids is 1. The Morgan fingerprint density at radius 1 is 1.16 bits per heavy atom. The molecule has 1 aromatic heterocycles. The molecule has 164 valence electrons. The molecule has 9 heteroatoms. The molecule has 1 aliphatic heterocycles. The molecule has 0 N–H and O–H groups in total. The van der Waals surface area contributed by atoms with Crippen LogP contribution in [0.3, 0.4) is 0 Å². The second-order valence-corrected chi connectivity index (χ2v) is 7.94. The van der Waals surface area contributed by atoms with Gasteiger partial charge in [0.1, 0.15) is 5.75 Å². The maximum Gasteiger partial charge on any atom is 0.387 e. The highest BCUT2D eigenvalue weighted by Gasteiger charge is 2.32. The second-order valence-electron chi connectivity index (χ2n) is 6.93. The van der Waals surface area contributed by atoms with E-state index in [-0.39, 0.29) is 11.3 Å². The molecule has 3 aromatic rings. The van der Waals surface area contributed by atoms with Crippen LogP contribution in [0.2, 0.25) is 0 Å². The molecule has 1 unspecified atom stereocenters. The molecule has 2 aromatic carbocycles. The minimum atomic E-state index is -2.91. The number of hydrogen-bond donors (Lipinski definition) is 0. The first-order valence-corrected chi connectivity index (χ1v) is 10.4. The standard InChI is InChI=1S/C23H18F2N2O4S/c1-13-18(21(29)30-2)19(15-6-4-3-5-7-15)27-20(28)17(32-23(27)26-13)12-14-8-10-16(11-9-14)31-22(24)25/h3-12,19,22H,1-2H3/b17-12+. The van der Waals surface area contributed by atoms with Crippen LogP contribution >= 0.6 is 11.3 Å². The third-order valence-corrected chi connectivity index (χ3v) is 5.93. The number of fused-ring (bicyclic) bond motifs is 1. The van der Waals surface area contributed by atoms with E-state index < -0.39 is 18.6 Å². The summed E-state index contributed by atoms with van der Waals surface area (Å²) >= 11 is 1.19. The molecule has 4 rings (SSSR count). The fourth-order valence-electron chi connectivity index (χ4n) is 3.54. The topological polar surface area (TPSA) is 69.9 Å². The van der Waals surface area contributed by atoms with Crippen LogP contribution in [0.25, 0.3) is 6.08 Å². The number of thiazole rings is 1. The Morgan fingerprint density at radius 2 is 1.84 bits per heavy atom. The van der Waals surface area contributed by atoms with Gasteiger partial charge in [0, 0.05) is 0 Å². The van der Waals surface area contributed by atoms with E-state index in [9.17, 15) is 18.4 Å². The van der Waals surface area contributed by atoms with Gasteiger partial charge in [0.15, 0.2) is 4.80 Å². The molecule has 2 heterocycles. The van der Waals surface area contributed by atoms with E-state index in [0.717, 1.165) is 5.56 Å². The van der Waals surface area contributed by atoms with Gasteiger partial charge in [-0.25, -0.2) is 9.79 Å². The molecule has 6 nitrogen and oxygen atoms in total. The third-order valence-electron chi connectivity index (χ3n) is 4.95. The van der Waals surface area contributed by atoms with E-state index in [1.807, 2.05) is 30.3 Å². The number of allylic oxidation sites excluding steroid dienone is 1. The molecule has 0 bridgehead atoms. The van der Waals surface area contributed by atoms with Gasteiger partial charge in [-0.3, -0.25) is 9.36 Å². The van der Waals surface area contributed by atoms with Crippen LogP contribution in [-0.2, 0) is 9.53 Å². The van der Waals surface area contributed by atoms with Gasteiger partial charge in [0.25, 0.3) is 5.56 Å². The highest BCUT2D eigenvalue weighted by molar-refractivity contribution is 7.07. The lowest BCUT2D eigenvalue weighted by Crippen LogP contribution is -2.39. The summed E-state index contributed by atoms with van der Waals surface area (Å²) < 4.78 is 35.9. The fourth-order valence-corrected chi connectivity index (χ4v) is 4.59. The van der Waals surface area contributed by atoms with Gasteiger partial charge in [0.05, 0.1) is 29.0 Å². The van der Waals surface area contributed by atoms with Gasteiger partial charge in [-0.2, -0.15) is 8.78 Å². The predicted molar refractivity (Wildman–Crippen MR) is 115 cm³/mol. The van der Waals surface area contributed by atoms with E-state index in [0.29, 0.717) is 26.2 Å². The number of hydrogen-bond acceptors (Lipinski definition) is 6. The van der Waals surface area contributed by atoms with Crippen molar-refractivity contribution in [3.63, 3.8) is 0 Å². The number of halogens is 2. The average Bonchev–Trinajstić information content (AvgIpc) is 3.08. The SMILES string of the molecule is COC(=O)C1=C(C)N=c2s/c(=C/c3ccc(OC(F)F)cc3)c(=O)n2C1c1ccccc1. The van der Waals surface area contributed by atoms with E-state index in [2.05, 4.69) is 9.73 Å². The summed E-state index contributed by atoms with van der Waals surface area (Å²) in [5.74, 6) is -0.523. The molecule has 0 radical (unpaired) electrons. The Kier molecular flexibility index (Phi) is 6.00. The van der Waals surface area contributed by atoms with E-state index >= 15 is 0 Å². The van der Waals surface area contributed by atoms with Gasteiger partial charge in [-0.15, -0.1) is 0 Å². The Balaban J connectivity index is 1.85. The number of methoxy groups -OCH3 is 1. The molecule has 0 fully saturated rings. The van der Waals surface area contributed by atoms with Crippen LogP contribution in [0.5, 0.6) is 5.75 Å². The molecular weight excluding hydrogens is 438 g/mol. The highest BCUT2D eigenvalue weighted by Crippen LogP contribution is 2.30. The zero-order valence-electron chi connectivity index (χ0n) is 17.1. The molecule has 1 atom stereocenters. The Morgan fingerprint density at radius 3 is 2.47 bits per heavy atom. The Bertz CT molecular complexity index is 1360. The van der Waals surface area contributed by atoms with Gasteiger partial charge in [0.2, 0.25) is 0 Å². The van der Waals surface area contributed by atoms with Gasteiger partial charge >= 0.3 is 12.6 Å². The van der Waals surface area contributed by atoms with Crippen LogP contribution < -0.4 is 19.6 Å². The molecule has 0 spiro atoms. The maximum atomic E-state index is 13.4. The number of ether oxygens (including phenoxy) is 2. The number of alkyl halides is 2. The average molecular weight is 456 g/mol. The number of benzene rings is 2. The first kappa shape index (κ1) is 21.6. The maximum absolute atomic E-state index is 13.4. The molecule has 1 aliphatic rings. The second kappa shape index (κ2) is 8.88. The number of aromatic nitrogens is 1. The number of rotatable bonds is 5. The first-order chi connectivity index (χ1) is 15.4. The van der Waals surface area contributed by atoms with Crippen molar-refractivity contribution in [1.29, 1.82) is 0 Å². The zero-order valence-corrected chi connectivity index (χ0v) is 17.9. The molecule has 0 saturated carbocycles. The summed E-state index contributed by atoms with van der Waals surface area (Å²) in [6.07, 6.45) is 1.65. The number of carbonyl (C=O) groups is 1. The first-order valence-electron chi connectivity index (χ1n) is 9.59. The van der Waals surface area contributed by atoms with Gasteiger partial charge in [-0.05, 0) is 36.3 Å². The largest absolute Gasteiger partial charge is 0.466 e. The quantitative estimate of drug-likeness (QED) is 0.554. The van der Waals surface area contributed by atoms with Crippen molar-refractivity contribution in [3.05, 3.63) is 96.7 Å². The van der Waals surface area contributed by atoms with Gasteiger partial charge in [-0.1, -0.05) is 53.8 Å². The van der Waals surface area contributed by atoms with Crippen molar-refractivity contribution in [2.24, 2.45) is 4.99 Å². The third kappa shape index (κ3) is 4.11. The summed E-state index contributed by atoms with van der Waals surface area (Å²) in [6.45, 7) is -1.20. The van der Waals surface area contributed by atoms with Crippen LogP contribution in [0, 0.1) is 0 Å². The monoisotopic (exact) mass is 456 g/mol. The molecule has 0 aliphatic carbocycles. The van der Waals surface area contributed by atoms with Crippen molar-refractivity contribution in [2.75, 3.05) is 7.11 Å². The van der Waals surface area contributed by atoms with Crippen molar-refractivity contribution < 1.29 is 23.0 Å². The smallest absolute Gasteiger partial charge is 0.387 e. The fraction of sp³-hybridized carbons (Fsp3) is 0.174. The summed E-state index contributed by atoms with van der Waals surface area (Å²) in [4.78, 5) is 30.9. The minimum Gasteiger partial charge on any atom is -0.466 e. The van der Waals surface area contributed by atoms with E-state index in [1.165, 1.54) is 35.1 Å². The van der Waals surface area contributed by atoms with Crippen LogP contribution in [-0.4, -0.2) is 24.3 Å². The summed E-state index contributed by atoms with van der Waals surface area (Å²) in [5.41, 5.74) is 1.85. The summed E-state index contributed by atoms with van der Waals surface area (Å²) in [6, 6.07) is 14.5. The lowest BCUT2D eigenvalue weighted by molar-refractivity contribution is -0.136. The summed E-state index contributed by atoms with van der Waals surface area (Å²) in [7, 11) is 1.29. The van der Waals surface area contributed by atoms with Crippen LogP contribution in [0.4, 0.5) is 8.78 Å². The van der Waals surface area contributed by atoms with Crippen LogP contribution in [0.1, 0.15) is 24.1 Å². The van der Waals surface area contributed by atoms with Crippen molar-refractivity contribution in [1.82, 2.24) is 4.57 Å². The number of nitrogens with zero attached hydrogens (tertiary/aromatic N) is 2. The molecular formula is C23H18F2N2O4S. The summed E-state index contributed by atoms with van der Waals surface area (Å²) in [5, 5.41) is 0. The normalized spacial score (nSPS) is 16.0. The van der Waals surface area contributed by atoms with Gasteiger partial charge < -0.3 is 9.47 Å². The van der Waals surface area contributed by atoms with E-state index in [4.69, 9.17) is 4.74 Å². The Labute approximate surface area is 185 Å². The minimum absolute atomic E-state index is 0.0287. The Hall–Kier alpha value is -3.59. The van der Waals surface area contributed by atoms with Crippen molar-refractivity contribution >= 4 is 23.4 Å². The van der Waals surface area contributed by atoms with Crippen molar-refractivity contribution in [2.45, 2.75) is 19.6 Å². The predicted octanol–water partition coefficient (Wildman–Crippen LogP) is 3.01. The lowest BCUT2D eigenvalue weighted by atomic mass is 9.96. The molecule has 0 amide bonds. The zero-order chi connectivity index (χ0) is 22.8. The lowest BCUT2D eigenvalue weighted by Gasteiger charge is -2.24. The van der Waals surface area contributed by atoms with Crippen LogP contribution in [0.15, 0.2) is 75.7 Å². The van der Waals surface area contributed by atoms with E-state index in [1.54, 1.807) is 25.1 Å².